The molecule has 0 saturated heterocycles. The molecular formula is C49H30N4OS. The van der Waals surface area contributed by atoms with E-state index in [-0.39, 0.29) is 6.17 Å². The van der Waals surface area contributed by atoms with E-state index in [9.17, 15) is 0 Å². The first kappa shape index (κ1) is 30.4. The summed E-state index contributed by atoms with van der Waals surface area (Å²) in [6.07, 6.45) is -0.351. The molecule has 1 aliphatic heterocycles. The highest BCUT2D eigenvalue weighted by molar-refractivity contribution is 7.26. The summed E-state index contributed by atoms with van der Waals surface area (Å²) in [5.41, 5.74) is 7.98. The van der Waals surface area contributed by atoms with Crippen molar-refractivity contribution in [3.8, 4) is 5.69 Å². The summed E-state index contributed by atoms with van der Waals surface area (Å²) in [6.45, 7) is 0. The van der Waals surface area contributed by atoms with Crippen molar-refractivity contribution in [2.75, 3.05) is 0 Å². The summed E-state index contributed by atoms with van der Waals surface area (Å²) >= 11 is 1.82. The van der Waals surface area contributed by atoms with Gasteiger partial charge in [0.15, 0.2) is 11.4 Å². The summed E-state index contributed by atoms with van der Waals surface area (Å²) in [5.74, 6) is 1.46. The molecule has 12 rings (SSSR count). The average molecular weight is 723 g/mol. The highest BCUT2D eigenvalue weighted by Crippen LogP contribution is 2.42. The molecule has 5 nitrogen and oxygen atoms in total. The molecule has 0 spiro atoms. The van der Waals surface area contributed by atoms with Crippen LogP contribution in [0.1, 0.15) is 22.9 Å². The maximum Gasteiger partial charge on any atom is 0.160 e. The third-order valence-electron chi connectivity index (χ3n) is 11.0. The number of para-hydroxylation sites is 2. The fourth-order valence-electron chi connectivity index (χ4n) is 8.57. The Balaban J connectivity index is 1.09. The van der Waals surface area contributed by atoms with Gasteiger partial charge >= 0.3 is 0 Å². The van der Waals surface area contributed by atoms with Gasteiger partial charge in [-0.05, 0) is 47.2 Å². The number of nitrogens with one attached hydrogen (secondary N) is 1. The summed E-state index contributed by atoms with van der Waals surface area (Å²) in [4.78, 5) is 10.7. The number of fused-ring (bicyclic) bond motifs is 10. The number of hydrogen-bond donors (Lipinski definition) is 1. The van der Waals surface area contributed by atoms with E-state index in [1.165, 1.54) is 41.7 Å². The van der Waals surface area contributed by atoms with Crippen molar-refractivity contribution in [3.63, 3.8) is 0 Å². The molecular weight excluding hydrogens is 693 g/mol. The predicted molar refractivity (Wildman–Crippen MR) is 230 cm³/mol. The van der Waals surface area contributed by atoms with Crippen molar-refractivity contribution in [2.24, 2.45) is 9.98 Å². The second-order valence-corrected chi connectivity index (χ2v) is 15.2. The molecule has 258 valence electrons. The third-order valence-corrected chi connectivity index (χ3v) is 12.3. The van der Waals surface area contributed by atoms with Crippen LogP contribution in [0.5, 0.6) is 0 Å². The van der Waals surface area contributed by atoms with Crippen molar-refractivity contribution >= 4 is 97.7 Å². The van der Waals surface area contributed by atoms with Gasteiger partial charge in [-0.15, -0.1) is 11.3 Å². The monoisotopic (exact) mass is 722 g/mol. The highest BCUT2D eigenvalue weighted by Gasteiger charge is 2.26. The first-order valence-corrected chi connectivity index (χ1v) is 19.3. The van der Waals surface area contributed by atoms with Crippen molar-refractivity contribution < 1.29 is 4.42 Å². The molecule has 1 N–H and O–H groups in total. The Bertz CT molecular complexity index is 3420. The number of rotatable bonds is 4. The molecule has 11 aromatic rings. The van der Waals surface area contributed by atoms with Crippen LogP contribution in [0.3, 0.4) is 0 Å². The molecule has 8 aromatic carbocycles. The van der Waals surface area contributed by atoms with Crippen molar-refractivity contribution in [3.05, 3.63) is 187 Å². The first-order chi connectivity index (χ1) is 27.3. The van der Waals surface area contributed by atoms with Crippen LogP contribution in [-0.4, -0.2) is 16.2 Å². The third kappa shape index (κ3) is 4.59. The summed E-state index contributed by atoms with van der Waals surface area (Å²) in [7, 11) is 0. The van der Waals surface area contributed by atoms with Crippen LogP contribution >= 0.6 is 11.3 Å². The molecule has 3 aromatic heterocycles. The van der Waals surface area contributed by atoms with Crippen LogP contribution in [0.2, 0.25) is 0 Å². The van der Waals surface area contributed by atoms with Crippen LogP contribution in [-0.2, 0) is 0 Å². The molecule has 1 aliphatic rings. The number of nitrogens with zero attached hydrogens (tertiary/aromatic N) is 3. The molecule has 55 heavy (non-hydrogen) atoms. The molecule has 0 bridgehead atoms. The van der Waals surface area contributed by atoms with Gasteiger partial charge in [-0.2, -0.15) is 0 Å². The molecule has 4 heterocycles. The molecule has 0 radical (unpaired) electrons. The number of hydrogen-bond acceptors (Lipinski definition) is 5. The van der Waals surface area contributed by atoms with Gasteiger partial charge in [0.05, 0.1) is 16.7 Å². The predicted octanol–water partition coefficient (Wildman–Crippen LogP) is 12.7. The Morgan fingerprint density at radius 3 is 2.22 bits per heavy atom. The Morgan fingerprint density at radius 2 is 1.31 bits per heavy atom. The zero-order chi connectivity index (χ0) is 36.0. The standard InChI is InChI=1S/C49H30N4OS/c1-2-13-29(14-3-1)47-50-48(52-49(51-47)37-22-10-19-34-33-18-7-9-26-43(33)55-46(34)37)36-21-12-25-42-44(36)35-20-11-24-40(45(35)54-42)53-39-23-8-6-17-32(39)38-27-30-15-4-5-16-31(30)28-41(38)53/h1-28,49H,(H,50,51,52). The molecule has 1 unspecified atom stereocenters. The first-order valence-electron chi connectivity index (χ1n) is 18.5. The maximum atomic E-state index is 6.90. The lowest BCUT2D eigenvalue weighted by molar-refractivity contribution is 0.666. The minimum atomic E-state index is -0.351. The maximum absolute atomic E-state index is 6.90. The van der Waals surface area contributed by atoms with E-state index in [0.717, 1.165) is 61.2 Å². The highest BCUT2D eigenvalue weighted by atomic mass is 32.1. The lowest BCUT2D eigenvalue weighted by Gasteiger charge is -2.24. The van der Waals surface area contributed by atoms with Gasteiger partial charge in [0.1, 0.15) is 17.6 Å². The van der Waals surface area contributed by atoms with Crippen molar-refractivity contribution in [2.45, 2.75) is 6.17 Å². The minimum Gasteiger partial charge on any atom is -0.454 e. The van der Waals surface area contributed by atoms with E-state index >= 15 is 0 Å². The molecule has 1 atom stereocenters. The van der Waals surface area contributed by atoms with Gasteiger partial charge < -0.3 is 14.3 Å². The van der Waals surface area contributed by atoms with E-state index < -0.39 is 0 Å². The summed E-state index contributed by atoms with van der Waals surface area (Å²) < 4.78 is 11.8. The average Bonchev–Trinajstić information content (AvgIpc) is 3.92. The second-order valence-electron chi connectivity index (χ2n) is 14.2. The van der Waals surface area contributed by atoms with Crippen LogP contribution in [0, 0.1) is 0 Å². The van der Waals surface area contributed by atoms with Gasteiger partial charge in [0, 0.05) is 58.4 Å². The van der Waals surface area contributed by atoms with Crippen LogP contribution in [0.25, 0.3) is 80.4 Å². The van der Waals surface area contributed by atoms with Gasteiger partial charge in [0.2, 0.25) is 0 Å². The Labute approximate surface area is 319 Å². The van der Waals surface area contributed by atoms with Gasteiger partial charge in [0.25, 0.3) is 0 Å². The van der Waals surface area contributed by atoms with Gasteiger partial charge in [-0.25, -0.2) is 9.98 Å². The zero-order valence-corrected chi connectivity index (χ0v) is 30.2. The second kappa shape index (κ2) is 11.7. The molecule has 6 heteroatoms. The lowest BCUT2D eigenvalue weighted by atomic mass is 10.0. The zero-order valence-electron chi connectivity index (χ0n) is 29.4. The van der Waals surface area contributed by atoms with E-state index in [4.69, 9.17) is 14.4 Å². The van der Waals surface area contributed by atoms with E-state index in [1.54, 1.807) is 0 Å². The minimum absolute atomic E-state index is 0.351. The quantitative estimate of drug-likeness (QED) is 0.197. The Morgan fingerprint density at radius 1 is 0.582 bits per heavy atom. The van der Waals surface area contributed by atoms with E-state index in [0.29, 0.717) is 5.84 Å². The Hall–Kier alpha value is -7.02. The number of thiophene rings is 1. The van der Waals surface area contributed by atoms with Gasteiger partial charge in [-0.3, -0.25) is 0 Å². The van der Waals surface area contributed by atoms with Gasteiger partial charge in [-0.1, -0.05) is 133 Å². The Kier molecular flexibility index (Phi) is 6.50. The summed E-state index contributed by atoms with van der Waals surface area (Å²) in [6, 6.07) is 60.1. The normalized spacial score (nSPS) is 14.7. The van der Waals surface area contributed by atoms with Crippen molar-refractivity contribution in [1.82, 2.24) is 9.88 Å². The van der Waals surface area contributed by atoms with Crippen LogP contribution in [0.4, 0.5) is 0 Å². The fourth-order valence-corrected chi connectivity index (χ4v) is 9.81. The fraction of sp³-hybridized carbons (Fsp3) is 0.0204. The number of amidine groups is 2. The molecule has 0 amide bonds. The molecule has 0 saturated carbocycles. The summed E-state index contributed by atoms with van der Waals surface area (Å²) in [5, 5.41) is 13.1. The largest absolute Gasteiger partial charge is 0.454 e. The number of furan rings is 1. The molecule has 0 aliphatic carbocycles. The topological polar surface area (TPSA) is 54.8 Å². The van der Waals surface area contributed by atoms with Crippen molar-refractivity contribution in [1.29, 1.82) is 0 Å². The smallest absolute Gasteiger partial charge is 0.160 e. The van der Waals surface area contributed by atoms with Crippen LogP contribution in [0.15, 0.2) is 184 Å². The lowest BCUT2D eigenvalue weighted by Crippen LogP contribution is -2.33. The SMILES string of the molecule is c1ccc(C2=NC(c3cccc4oc5c(-n6c7ccccc7c7cc8ccccc8cc76)cccc5c34)=NC(c3cccc4c3sc3ccccc34)N2)cc1. The van der Waals surface area contributed by atoms with E-state index in [1.807, 2.05) is 17.4 Å². The molecule has 0 fully saturated rings. The van der Waals surface area contributed by atoms with Crippen LogP contribution < -0.4 is 5.32 Å². The van der Waals surface area contributed by atoms with E-state index in [2.05, 4.69) is 174 Å². The number of benzene rings is 8. The number of aromatic nitrogens is 1. The number of aliphatic imine (C=N–C) groups is 2.